The molecule has 0 saturated heterocycles. The van der Waals surface area contributed by atoms with Gasteiger partial charge in [0.1, 0.15) is 5.82 Å². The van der Waals surface area contributed by atoms with Gasteiger partial charge >= 0.3 is 0 Å². The van der Waals surface area contributed by atoms with Gasteiger partial charge < -0.3 is 10.2 Å². The fourth-order valence-electron chi connectivity index (χ4n) is 1.53. The van der Waals surface area contributed by atoms with E-state index in [0.717, 1.165) is 19.6 Å². The molecule has 0 aliphatic rings. The molecule has 1 rings (SSSR count). The van der Waals surface area contributed by atoms with E-state index in [2.05, 4.69) is 24.2 Å². The summed E-state index contributed by atoms with van der Waals surface area (Å²) in [6.45, 7) is 5.01. The molecule has 0 amide bonds. The number of benzene rings is 1. The number of anilines is 1. The summed E-state index contributed by atoms with van der Waals surface area (Å²) in [5.74, 6) is -0.182. The number of hydrogen-bond acceptors (Lipinski definition) is 2. The third-order valence-corrected chi connectivity index (χ3v) is 2.58. The first-order chi connectivity index (χ1) is 7.74. The van der Waals surface area contributed by atoms with Crippen molar-refractivity contribution in [3.05, 3.63) is 30.1 Å². The predicted molar refractivity (Wildman–Crippen MR) is 67.3 cm³/mol. The molecule has 0 bridgehead atoms. The molecule has 90 valence electrons. The fraction of sp³-hybridized carbons (Fsp3) is 0.538. The number of nitrogens with one attached hydrogen (secondary N) is 1. The lowest BCUT2D eigenvalue weighted by Gasteiger charge is -2.16. The number of halogens is 1. The number of hydrogen-bond donors (Lipinski definition) is 1. The Morgan fingerprint density at radius 3 is 2.69 bits per heavy atom. The van der Waals surface area contributed by atoms with E-state index >= 15 is 0 Å². The first-order valence-corrected chi connectivity index (χ1v) is 5.91. The number of nitrogens with zero attached hydrogens (tertiary/aromatic N) is 1. The van der Waals surface area contributed by atoms with Gasteiger partial charge in [-0.1, -0.05) is 25.5 Å². The summed E-state index contributed by atoms with van der Waals surface area (Å²) in [5, 5.41) is 3.10. The lowest BCUT2D eigenvalue weighted by Crippen LogP contribution is -2.26. The van der Waals surface area contributed by atoms with Crippen LogP contribution in [0.1, 0.15) is 19.8 Å². The highest BCUT2D eigenvalue weighted by atomic mass is 19.1. The van der Waals surface area contributed by atoms with Gasteiger partial charge in [-0.25, -0.2) is 4.39 Å². The van der Waals surface area contributed by atoms with Crippen molar-refractivity contribution in [2.45, 2.75) is 19.8 Å². The molecule has 0 aromatic heterocycles. The monoisotopic (exact) mass is 224 g/mol. The molecule has 3 heteroatoms. The van der Waals surface area contributed by atoms with Crippen LogP contribution in [0.4, 0.5) is 10.1 Å². The molecule has 0 aliphatic carbocycles. The van der Waals surface area contributed by atoms with Crippen molar-refractivity contribution < 1.29 is 4.39 Å². The van der Waals surface area contributed by atoms with Gasteiger partial charge in [0, 0.05) is 13.1 Å². The fourth-order valence-corrected chi connectivity index (χ4v) is 1.53. The number of rotatable bonds is 7. The van der Waals surface area contributed by atoms with Crippen molar-refractivity contribution >= 4 is 5.69 Å². The standard InChI is InChI=1S/C13H21FN2/c1-3-4-10-16(2)11-9-15-13-8-6-5-7-12(13)14/h5-8,15H,3-4,9-11H2,1-2H3. The molecule has 1 aromatic rings. The molecule has 0 spiro atoms. The van der Waals surface area contributed by atoms with Crippen LogP contribution in [0.5, 0.6) is 0 Å². The molecular weight excluding hydrogens is 203 g/mol. The first kappa shape index (κ1) is 13.0. The van der Waals surface area contributed by atoms with E-state index in [1.165, 1.54) is 18.9 Å². The minimum atomic E-state index is -0.182. The average Bonchev–Trinajstić information content (AvgIpc) is 2.29. The third kappa shape index (κ3) is 4.62. The summed E-state index contributed by atoms with van der Waals surface area (Å²) < 4.78 is 13.2. The zero-order valence-corrected chi connectivity index (χ0v) is 10.2. The smallest absolute Gasteiger partial charge is 0.146 e. The maximum Gasteiger partial charge on any atom is 0.146 e. The summed E-state index contributed by atoms with van der Waals surface area (Å²) in [5.41, 5.74) is 0.589. The molecule has 0 atom stereocenters. The number of para-hydroxylation sites is 1. The van der Waals surface area contributed by atoms with E-state index in [9.17, 15) is 4.39 Å². The Labute approximate surface area is 97.5 Å². The molecule has 0 saturated carbocycles. The van der Waals surface area contributed by atoms with E-state index in [-0.39, 0.29) is 5.82 Å². The van der Waals surface area contributed by atoms with Gasteiger partial charge in [0.2, 0.25) is 0 Å². The molecule has 1 aromatic carbocycles. The second-order valence-corrected chi connectivity index (χ2v) is 4.06. The Bertz CT molecular complexity index is 302. The zero-order valence-electron chi connectivity index (χ0n) is 10.2. The van der Waals surface area contributed by atoms with E-state index in [4.69, 9.17) is 0 Å². The lowest BCUT2D eigenvalue weighted by molar-refractivity contribution is 0.340. The van der Waals surface area contributed by atoms with Crippen LogP contribution in [-0.2, 0) is 0 Å². The first-order valence-electron chi connectivity index (χ1n) is 5.91. The molecule has 2 nitrogen and oxygen atoms in total. The Morgan fingerprint density at radius 2 is 2.00 bits per heavy atom. The highest BCUT2D eigenvalue weighted by Gasteiger charge is 2.00. The Hall–Kier alpha value is -1.09. The van der Waals surface area contributed by atoms with E-state index in [1.807, 2.05) is 6.07 Å². The molecule has 0 heterocycles. The Balaban J connectivity index is 2.23. The Morgan fingerprint density at radius 1 is 1.25 bits per heavy atom. The minimum absolute atomic E-state index is 0.182. The average molecular weight is 224 g/mol. The zero-order chi connectivity index (χ0) is 11.8. The van der Waals surface area contributed by atoms with Crippen molar-refractivity contribution in [1.29, 1.82) is 0 Å². The van der Waals surface area contributed by atoms with E-state index in [1.54, 1.807) is 12.1 Å². The Kier molecular flexibility index (Phi) is 5.86. The summed E-state index contributed by atoms with van der Waals surface area (Å²) in [7, 11) is 2.10. The maximum absolute atomic E-state index is 13.2. The van der Waals surface area contributed by atoms with Crippen LogP contribution in [0.15, 0.2) is 24.3 Å². The summed E-state index contributed by atoms with van der Waals surface area (Å²) in [6.07, 6.45) is 2.43. The van der Waals surface area contributed by atoms with Crippen LogP contribution >= 0.6 is 0 Å². The molecular formula is C13H21FN2. The SMILES string of the molecule is CCCCN(C)CCNc1ccccc1F. The van der Waals surface area contributed by atoms with Crippen LogP contribution in [0.3, 0.4) is 0 Å². The highest BCUT2D eigenvalue weighted by Crippen LogP contribution is 2.11. The summed E-state index contributed by atoms with van der Waals surface area (Å²) >= 11 is 0. The van der Waals surface area contributed by atoms with Crippen LogP contribution in [-0.4, -0.2) is 31.6 Å². The summed E-state index contributed by atoms with van der Waals surface area (Å²) in [4.78, 5) is 2.26. The van der Waals surface area contributed by atoms with Gasteiger partial charge in [-0.2, -0.15) is 0 Å². The van der Waals surface area contributed by atoms with E-state index < -0.39 is 0 Å². The van der Waals surface area contributed by atoms with Crippen molar-refractivity contribution in [3.8, 4) is 0 Å². The van der Waals surface area contributed by atoms with Crippen LogP contribution < -0.4 is 5.32 Å². The summed E-state index contributed by atoms with van der Waals surface area (Å²) in [6, 6.07) is 6.78. The van der Waals surface area contributed by atoms with Crippen LogP contribution in [0, 0.1) is 5.82 Å². The molecule has 0 fully saturated rings. The number of unbranched alkanes of at least 4 members (excludes halogenated alkanes) is 1. The second kappa shape index (κ2) is 7.23. The molecule has 16 heavy (non-hydrogen) atoms. The van der Waals surface area contributed by atoms with Gasteiger partial charge in [-0.15, -0.1) is 0 Å². The number of likely N-dealkylation sites (N-methyl/N-ethyl adjacent to an activating group) is 1. The lowest BCUT2D eigenvalue weighted by atomic mass is 10.3. The van der Waals surface area contributed by atoms with Gasteiger partial charge in [-0.05, 0) is 32.1 Å². The van der Waals surface area contributed by atoms with Gasteiger partial charge in [-0.3, -0.25) is 0 Å². The van der Waals surface area contributed by atoms with Crippen molar-refractivity contribution in [1.82, 2.24) is 4.90 Å². The predicted octanol–water partition coefficient (Wildman–Crippen LogP) is 2.97. The quantitative estimate of drug-likeness (QED) is 0.766. The van der Waals surface area contributed by atoms with Gasteiger partial charge in [0.15, 0.2) is 0 Å². The molecule has 0 radical (unpaired) electrons. The van der Waals surface area contributed by atoms with Gasteiger partial charge in [0.05, 0.1) is 5.69 Å². The van der Waals surface area contributed by atoms with Crippen molar-refractivity contribution in [2.75, 3.05) is 32.0 Å². The maximum atomic E-state index is 13.2. The third-order valence-electron chi connectivity index (χ3n) is 2.58. The topological polar surface area (TPSA) is 15.3 Å². The van der Waals surface area contributed by atoms with Gasteiger partial charge in [0.25, 0.3) is 0 Å². The van der Waals surface area contributed by atoms with Crippen molar-refractivity contribution in [2.24, 2.45) is 0 Å². The largest absolute Gasteiger partial charge is 0.381 e. The molecule has 0 unspecified atom stereocenters. The molecule has 1 N–H and O–H groups in total. The van der Waals surface area contributed by atoms with Crippen molar-refractivity contribution in [3.63, 3.8) is 0 Å². The van der Waals surface area contributed by atoms with E-state index in [0.29, 0.717) is 5.69 Å². The van der Waals surface area contributed by atoms with Crippen LogP contribution in [0.2, 0.25) is 0 Å². The second-order valence-electron chi connectivity index (χ2n) is 4.06. The minimum Gasteiger partial charge on any atom is -0.381 e. The molecule has 0 aliphatic heterocycles. The normalized spacial score (nSPS) is 10.8. The highest BCUT2D eigenvalue weighted by molar-refractivity contribution is 5.44. The van der Waals surface area contributed by atoms with Crippen LogP contribution in [0.25, 0.3) is 0 Å².